The van der Waals surface area contributed by atoms with Crippen molar-refractivity contribution in [2.75, 3.05) is 0 Å². The van der Waals surface area contributed by atoms with E-state index in [1.165, 1.54) is 49.4 Å². The van der Waals surface area contributed by atoms with Crippen molar-refractivity contribution in [3.8, 4) is 28.7 Å². The Morgan fingerprint density at radius 3 is 1.91 bits per heavy atom. The molecule has 47 heavy (non-hydrogen) atoms. The molecule has 0 bridgehead atoms. The Bertz CT molecular complexity index is 2580. The Kier molecular flexibility index (Phi) is 5.39. The minimum absolute atomic E-state index is 0.0736. The molecule has 5 nitrogen and oxygen atoms in total. The van der Waals surface area contributed by atoms with Gasteiger partial charge >= 0.3 is 0 Å². The van der Waals surface area contributed by atoms with Crippen LogP contribution in [-0.4, -0.2) is 24.1 Å². The van der Waals surface area contributed by atoms with Crippen molar-refractivity contribution in [3.05, 3.63) is 139 Å². The Hall–Kier alpha value is -5.81. The molecule has 0 atom stereocenters. The standard InChI is InChI=1S/C42H31N5/c1-42(2)31-20-10-12-23-34(31)47-37-28(19-13-21-32(37)42)29-24-25-35-36(38(29)47)30-18-9-11-22-33(30)46(35)41-44-39(26-14-5-3-6-15-26)43-40(45-41)27-16-7-4-8-17-27/h3-9,11,13-25H,10,12H2,1-2H3. The van der Waals surface area contributed by atoms with E-state index in [0.29, 0.717) is 17.6 Å². The van der Waals surface area contributed by atoms with E-state index >= 15 is 0 Å². The van der Waals surface area contributed by atoms with Crippen LogP contribution in [0.4, 0.5) is 0 Å². The van der Waals surface area contributed by atoms with Crippen molar-refractivity contribution >= 4 is 49.3 Å². The zero-order chi connectivity index (χ0) is 31.3. The molecular formula is C42H31N5. The molecule has 0 saturated heterocycles. The molecule has 10 rings (SSSR count). The third kappa shape index (κ3) is 3.62. The van der Waals surface area contributed by atoms with Crippen molar-refractivity contribution in [1.29, 1.82) is 0 Å². The smallest absolute Gasteiger partial charge is 0.238 e. The van der Waals surface area contributed by atoms with Gasteiger partial charge in [0.25, 0.3) is 0 Å². The average Bonchev–Trinajstić information content (AvgIpc) is 3.65. The molecule has 1 aliphatic heterocycles. The summed E-state index contributed by atoms with van der Waals surface area (Å²) in [5.74, 6) is 1.91. The minimum Gasteiger partial charge on any atom is -0.308 e. The highest BCUT2D eigenvalue weighted by Gasteiger charge is 2.38. The van der Waals surface area contributed by atoms with E-state index in [2.05, 4.69) is 114 Å². The topological polar surface area (TPSA) is 48.5 Å². The van der Waals surface area contributed by atoms with Crippen molar-refractivity contribution < 1.29 is 0 Å². The zero-order valence-corrected chi connectivity index (χ0v) is 26.3. The Balaban J connectivity index is 1.36. The Morgan fingerprint density at radius 1 is 0.532 bits per heavy atom. The molecule has 2 aliphatic rings. The van der Waals surface area contributed by atoms with E-state index in [-0.39, 0.29) is 5.41 Å². The van der Waals surface area contributed by atoms with Crippen LogP contribution in [0.2, 0.25) is 0 Å². The maximum Gasteiger partial charge on any atom is 0.238 e. The molecule has 0 radical (unpaired) electrons. The molecule has 3 aromatic heterocycles. The van der Waals surface area contributed by atoms with Gasteiger partial charge in [0.2, 0.25) is 5.95 Å². The third-order valence-corrected chi connectivity index (χ3v) is 10.2. The second-order valence-corrected chi connectivity index (χ2v) is 13.2. The van der Waals surface area contributed by atoms with E-state index in [4.69, 9.17) is 15.0 Å². The van der Waals surface area contributed by atoms with Gasteiger partial charge in [-0.25, -0.2) is 4.98 Å². The summed E-state index contributed by atoms with van der Waals surface area (Å²) < 4.78 is 4.79. The summed E-state index contributed by atoms with van der Waals surface area (Å²) in [5, 5.41) is 4.97. The summed E-state index contributed by atoms with van der Waals surface area (Å²) in [4.78, 5) is 15.3. The monoisotopic (exact) mass is 605 g/mol. The average molecular weight is 606 g/mol. The first-order chi connectivity index (χ1) is 23.1. The van der Waals surface area contributed by atoms with Gasteiger partial charge in [0.15, 0.2) is 11.6 Å². The lowest BCUT2D eigenvalue weighted by Gasteiger charge is -2.38. The van der Waals surface area contributed by atoms with Crippen molar-refractivity contribution in [2.45, 2.75) is 32.1 Å². The highest BCUT2D eigenvalue weighted by Crippen LogP contribution is 2.52. The SMILES string of the molecule is CC1(C)C2=CCCC=C2n2c3c1cccc3c1ccc3c(c4ccccc4n3-c3nc(-c4ccccc4)nc(-c4ccccc4)n3)c12. The molecule has 8 aromatic rings. The van der Waals surface area contributed by atoms with Crippen LogP contribution in [0.1, 0.15) is 32.3 Å². The van der Waals surface area contributed by atoms with E-state index in [1.807, 2.05) is 36.4 Å². The second-order valence-electron chi connectivity index (χ2n) is 13.2. The van der Waals surface area contributed by atoms with Crippen LogP contribution in [-0.2, 0) is 5.41 Å². The van der Waals surface area contributed by atoms with Gasteiger partial charge in [0, 0.05) is 43.8 Å². The lowest BCUT2D eigenvalue weighted by atomic mass is 9.72. The fraction of sp³-hybridized carbons (Fsp3) is 0.119. The number of nitrogens with zero attached hydrogens (tertiary/aromatic N) is 5. The molecule has 4 heterocycles. The van der Waals surface area contributed by atoms with Gasteiger partial charge in [-0.15, -0.1) is 0 Å². The van der Waals surface area contributed by atoms with E-state index < -0.39 is 0 Å². The first-order valence-corrected chi connectivity index (χ1v) is 16.4. The van der Waals surface area contributed by atoms with E-state index in [0.717, 1.165) is 35.0 Å². The molecule has 1 aliphatic carbocycles. The summed E-state index contributed by atoms with van der Waals surface area (Å²) in [6.45, 7) is 4.76. The summed E-state index contributed by atoms with van der Waals surface area (Å²) >= 11 is 0. The number of rotatable bonds is 3. The van der Waals surface area contributed by atoms with Crippen LogP contribution in [0.3, 0.4) is 0 Å². The number of allylic oxidation sites excluding steroid dienone is 4. The van der Waals surface area contributed by atoms with Gasteiger partial charge in [-0.3, -0.25) is 4.57 Å². The molecular weight excluding hydrogens is 574 g/mol. The van der Waals surface area contributed by atoms with E-state index in [1.54, 1.807) is 0 Å². The zero-order valence-electron chi connectivity index (χ0n) is 26.3. The highest BCUT2D eigenvalue weighted by atomic mass is 15.2. The number of fused-ring (bicyclic) bond motifs is 9. The number of hydrogen-bond acceptors (Lipinski definition) is 3. The van der Waals surface area contributed by atoms with Gasteiger partial charge in [-0.05, 0) is 36.1 Å². The van der Waals surface area contributed by atoms with Crippen molar-refractivity contribution in [1.82, 2.24) is 24.1 Å². The third-order valence-electron chi connectivity index (χ3n) is 10.2. The maximum absolute atomic E-state index is 5.16. The van der Waals surface area contributed by atoms with Crippen LogP contribution in [0, 0.1) is 0 Å². The van der Waals surface area contributed by atoms with Crippen LogP contribution in [0.25, 0.3) is 78.0 Å². The van der Waals surface area contributed by atoms with Crippen molar-refractivity contribution in [3.63, 3.8) is 0 Å². The molecule has 0 spiro atoms. The molecule has 0 unspecified atom stereocenters. The lowest BCUT2D eigenvalue weighted by Crippen LogP contribution is -2.29. The van der Waals surface area contributed by atoms with Crippen LogP contribution in [0.15, 0.2) is 133 Å². The summed E-state index contributed by atoms with van der Waals surface area (Å²) in [5.41, 5.74) is 10.7. The normalized spacial score (nSPS) is 15.3. The number of para-hydroxylation sites is 2. The first-order valence-electron chi connectivity index (χ1n) is 16.4. The quantitative estimate of drug-likeness (QED) is 0.201. The van der Waals surface area contributed by atoms with Crippen LogP contribution < -0.4 is 0 Å². The van der Waals surface area contributed by atoms with Crippen LogP contribution >= 0.6 is 0 Å². The van der Waals surface area contributed by atoms with E-state index in [9.17, 15) is 0 Å². The van der Waals surface area contributed by atoms with Crippen LogP contribution in [0.5, 0.6) is 0 Å². The second kappa shape index (κ2) is 9.60. The fourth-order valence-electron chi connectivity index (χ4n) is 8.06. The van der Waals surface area contributed by atoms with Gasteiger partial charge in [-0.2, -0.15) is 9.97 Å². The lowest BCUT2D eigenvalue weighted by molar-refractivity contribution is 0.623. The molecule has 5 heteroatoms. The Labute approximate surface area is 272 Å². The summed E-state index contributed by atoms with van der Waals surface area (Å²) in [6, 6.07) is 40.5. The van der Waals surface area contributed by atoms with Gasteiger partial charge < -0.3 is 4.57 Å². The molecule has 0 amide bonds. The molecule has 5 aromatic carbocycles. The van der Waals surface area contributed by atoms with Gasteiger partial charge in [-0.1, -0.05) is 129 Å². The maximum atomic E-state index is 5.16. The largest absolute Gasteiger partial charge is 0.308 e. The number of benzene rings is 5. The first kappa shape index (κ1) is 26.4. The predicted octanol–water partition coefficient (Wildman–Crippen LogP) is 10.3. The predicted molar refractivity (Wildman–Crippen MR) is 193 cm³/mol. The fourth-order valence-corrected chi connectivity index (χ4v) is 8.06. The molecule has 224 valence electrons. The highest BCUT2D eigenvalue weighted by molar-refractivity contribution is 6.27. The van der Waals surface area contributed by atoms with Gasteiger partial charge in [0.05, 0.1) is 22.1 Å². The number of hydrogen-bond donors (Lipinski definition) is 0. The molecule has 0 fully saturated rings. The Morgan fingerprint density at radius 2 is 1.17 bits per heavy atom. The summed E-state index contributed by atoms with van der Waals surface area (Å²) in [6.07, 6.45) is 7.04. The summed E-state index contributed by atoms with van der Waals surface area (Å²) in [7, 11) is 0. The molecule has 0 saturated carbocycles. The number of aromatic nitrogens is 5. The van der Waals surface area contributed by atoms with Crippen molar-refractivity contribution in [2.24, 2.45) is 0 Å². The van der Waals surface area contributed by atoms with Gasteiger partial charge in [0.1, 0.15) is 0 Å². The minimum atomic E-state index is -0.0736. The molecule has 0 N–H and O–H groups in total.